The van der Waals surface area contributed by atoms with Crippen LogP contribution in [-0.2, 0) is 0 Å². The highest BCUT2D eigenvalue weighted by molar-refractivity contribution is 7.17. The fourth-order valence-electron chi connectivity index (χ4n) is 2.39. The Balaban J connectivity index is 2.35. The summed E-state index contributed by atoms with van der Waals surface area (Å²) in [6.45, 7) is 7.86. The molecule has 2 aromatic rings. The number of nitriles is 1. The molecule has 1 amide bonds. The molecule has 1 atom stereocenters. The van der Waals surface area contributed by atoms with Crippen molar-refractivity contribution in [1.29, 1.82) is 5.26 Å². The highest BCUT2D eigenvalue weighted by atomic mass is 32.1. The van der Waals surface area contributed by atoms with Gasteiger partial charge in [-0.2, -0.15) is 5.26 Å². The third kappa shape index (κ3) is 3.59. The van der Waals surface area contributed by atoms with Gasteiger partial charge in [-0.1, -0.05) is 23.8 Å². The minimum atomic E-state index is -0.112. The zero-order valence-corrected chi connectivity index (χ0v) is 15.0. The summed E-state index contributed by atoms with van der Waals surface area (Å²) < 4.78 is 0. The van der Waals surface area contributed by atoms with Crippen molar-refractivity contribution in [2.75, 3.05) is 7.05 Å². The highest BCUT2D eigenvalue weighted by Crippen LogP contribution is 2.31. The van der Waals surface area contributed by atoms with E-state index in [0.717, 1.165) is 21.8 Å². The second-order valence-corrected chi connectivity index (χ2v) is 6.88. The molecule has 0 saturated heterocycles. The summed E-state index contributed by atoms with van der Waals surface area (Å²) >= 11 is 1.42. The minimum absolute atomic E-state index is 0.0706. The molecule has 1 aromatic carbocycles. The summed E-state index contributed by atoms with van der Waals surface area (Å²) in [5, 5.41) is 9.67. The zero-order chi connectivity index (χ0) is 17.1. The first-order chi connectivity index (χ1) is 10.8. The molecule has 0 aliphatic carbocycles. The Bertz CT molecular complexity index is 773. The molecule has 0 aliphatic heterocycles. The number of hydrogen-bond acceptors (Lipinski definition) is 4. The Morgan fingerprint density at radius 2 is 2.09 bits per heavy atom. The van der Waals surface area contributed by atoms with Crippen LogP contribution in [0.25, 0.3) is 10.6 Å². The molecule has 1 aromatic heterocycles. The van der Waals surface area contributed by atoms with E-state index in [1.165, 1.54) is 16.9 Å². The normalized spacial score (nSPS) is 11.8. The molecule has 120 valence electrons. The maximum Gasteiger partial charge on any atom is 0.265 e. The molecule has 0 fully saturated rings. The maximum atomic E-state index is 12.7. The van der Waals surface area contributed by atoms with Crippen molar-refractivity contribution >= 4 is 17.2 Å². The van der Waals surface area contributed by atoms with Crippen LogP contribution in [0.4, 0.5) is 0 Å². The lowest BCUT2D eigenvalue weighted by molar-refractivity contribution is 0.0750. The Kier molecular flexibility index (Phi) is 5.17. The SMILES string of the molecule is Cc1ccc(-c2nc(C)c(C(=O)N(C)C(C)CC#N)s2)c(C)c1. The quantitative estimate of drug-likeness (QED) is 0.849. The van der Waals surface area contributed by atoms with Crippen molar-refractivity contribution in [2.45, 2.75) is 40.2 Å². The number of benzene rings is 1. The molecule has 23 heavy (non-hydrogen) atoms. The summed E-state index contributed by atoms with van der Waals surface area (Å²) in [4.78, 5) is 19.5. The fourth-order valence-corrected chi connectivity index (χ4v) is 3.53. The van der Waals surface area contributed by atoms with Gasteiger partial charge >= 0.3 is 0 Å². The monoisotopic (exact) mass is 327 g/mol. The van der Waals surface area contributed by atoms with E-state index in [-0.39, 0.29) is 11.9 Å². The number of carbonyl (C=O) groups is 1. The minimum Gasteiger partial charge on any atom is -0.337 e. The van der Waals surface area contributed by atoms with E-state index in [1.54, 1.807) is 11.9 Å². The number of nitrogens with zero attached hydrogens (tertiary/aromatic N) is 3. The first-order valence-electron chi connectivity index (χ1n) is 7.54. The molecule has 0 spiro atoms. The van der Waals surface area contributed by atoms with E-state index < -0.39 is 0 Å². The molecular formula is C18H21N3OS. The Hall–Kier alpha value is -2.19. The van der Waals surface area contributed by atoms with Crippen LogP contribution in [0.5, 0.6) is 0 Å². The Labute approximate surface area is 141 Å². The first kappa shape index (κ1) is 17.2. The number of amides is 1. The molecule has 0 N–H and O–H groups in total. The number of hydrogen-bond donors (Lipinski definition) is 0. The number of aromatic nitrogens is 1. The second-order valence-electron chi connectivity index (χ2n) is 5.88. The third-order valence-electron chi connectivity index (χ3n) is 3.97. The predicted molar refractivity (Wildman–Crippen MR) is 93.5 cm³/mol. The van der Waals surface area contributed by atoms with E-state index in [1.807, 2.05) is 13.8 Å². The van der Waals surface area contributed by atoms with E-state index in [2.05, 4.69) is 43.1 Å². The lowest BCUT2D eigenvalue weighted by Gasteiger charge is -2.22. The number of carbonyl (C=O) groups excluding carboxylic acids is 1. The molecule has 1 unspecified atom stereocenters. The van der Waals surface area contributed by atoms with Gasteiger partial charge in [0.05, 0.1) is 18.2 Å². The van der Waals surface area contributed by atoms with E-state index in [4.69, 9.17) is 5.26 Å². The molecule has 0 radical (unpaired) electrons. The van der Waals surface area contributed by atoms with Crippen molar-refractivity contribution < 1.29 is 4.79 Å². The largest absolute Gasteiger partial charge is 0.337 e. The van der Waals surface area contributed by atoms with E-state index in [0.29, 0.717) is 11.3 Å². The van der Waals surface area contributed by atoms with Crippen molar-refractivity contribution in [2.24, 2.45) is 0 Å². The van der Waals surface area contributed by atoms with Gasteiger partial charge in [-0.05, 0) is 33.3 Å². The maximum absolute atomic E-state index is 12.7. The van der Waals surface area contributed by atoms with Crippen LogP contribution in [0.1, 0.15) is 39.8 Å². The van der Waals surface area contributed by atoms with Gasteiger partial charge in [0.25, 0.3) is 5.91 Å². The molecular weight excluding hydrogens is 306 g/mol. The van der Waals surface area contributed by atoms with Gasteiger partial charge in [0.15, 0.2) is 0 Å². The van der Waals surface area contributed by atoms with Gasteiger partial charge in [-0.25, -0.2) is 4.98 Å². The van der Waals surface area contributed by atoms with Gasteiger partial charge in [0.1, 0.15) is 9.88 Å². The average molecular weight is 327 g/mol. The molecule has 0 bridgehead atoms. The zero-order valence-electron chi connectivity index (χ0n) is 14.2. The van der Waals surface area contributed by atoms with Crippen LogP contribution in [0.3, 0.4) is 0 Å². The van der Waals surface area contributed by atoms with Crippen molar-refractivity contribution in [3.8, 4) is 16.6 Å². The summed E-state index contributed by atoms with van der Waals surface area (Å²) in [6.07, 6.45) is 0.323. The summed E-state index contributed by atoms with van der Waals surface area (Å²) in [7, 11) is 1.74. The van der Waals surface area contributed by atoms with E-state index >= 15 is 0 Å². The molecule has 0 aliphatic rings. The summed E-state index contributed by atoms with van der Waals surface area (Å²) in [5.74, 6) is -0.0706. The van der Waals surface area contributed by atoms with Gasteiger partial charge in [-0.3, -0.25) is 4.79 Å². The van der Waals surface area contributed by atoms with Gasteiger partial charge in [-0.15, -0.1) is 11.3 Å². The van der Waals surface area contributed by atoms with Crippen LogP contribution < -0.4 is 0 Å². The standard InChI is InChI=1S/C18H21N3OS/c1-11-6-7-15(12(2)10-11)17-20-14(4)16(23-17)18(22)21(5)13(3)8-9-19/h6-7,10,13H,8H2,1-5H3. The van der Waals surface area contributed by atoms with Gasteiger partial charge in [0, 0.05) is 18.7 Å². The lowest BCUT2D eigenvalue weighted by atomic mass is 10.1. The first-order valence-corrected chi connectivity index (χ1v) is 8.36. The Morgan fingerprint density at radius 1 is 1.39 bits per heavy atom. The van der Waals surface area contributed by atoms with Gasteiger partial charge in [0.2, 0.25) is 0 Å². The molecule has 0 saturated carbocycles. The second kappa shape index (κ2) is 6.93. The van der Waals surface area contributed by atoms with Gasteiger partial charge < -0.3 is 4.90 Å². The fraction of sp³-hybridized carbons (Fsp3) is 0.389. The van der Waals surface area contributed by atoms with Crippen molar-refractivity contribution in [3.63, 3.8) is 0 Å². The van der Waals surface area contributed by atoms with Crippen LogP contribution in [0.15, 0.2) is 18.2 Å². The number of aryl methyl sites for hydroxylation is 3. The summed E-state index contributed by atoms with van der Waals surface area (Å²) in [6, 6.07) is 8.23. The topological polar surface area (TPSA) is 57.0 Å². The summed E-state index contributed by atoms with van der Waals surface area (Å²) in [5.41, 5.74) is 4.17. The predicted octanol–water partition coefficient (Wildman–Crippen LogP) is 4.11. The number of rotatable bonds is 4. The van der Waals surface area contributed by atoms with Crippen LogP contribution in [0.2, 0.25) is 0 Å². The Morgan fingerprint density at radius 3 is 2.70 bits per heavy atom. The van der Waals surface area contributed by atoms with Crippen LogP contribution >= 0.6 is 11.3 Å². The van der Waals surface area contributed by atoms with Crippen molar-refractivity contribution in [3.05, 3.63) is 39.9 Å². The number of thiazole rings is 1. The van der Waals surface area contributed by atoms with Crippen LogP contribution in [0, 0.1) is 32.1 Å². The molecule has 2 rings (SSSR count). The smallest absolute Gasteiger partial charge is 0.265 e. The molecule has 1 heterocycles. The molecule has 4 nitrogen and oxygen atoms in total. The average Bonchev–Trinajstić information content (AvgIpc) is 2.87. The highest BCUT2D eigenvalue weighted by Gasteiger charge is 2.23. The molecule has 5 heteroatoms. The van der Waals surface area contributed by atoms with Crippen molar-refractivity contribution in [1.82, 2.24) is 9.88 Å². The van der Waals surface area contributed by atoms with Crippen LogP contribution in [-0.4, -0.2) is 28.9 Å². The van der Waals surface area contributed by atoms with E-state index in [9.17, 15) is 4.79 Å². The lowest BCUT2D eigenvalue weighted by Crippen LogP contribution is -2.34. The third-order valence-corrected chi connectivity index (χ3v) is 5.15.